The fraction of sp³-hybridized carbons (Fsp3) is 0.462. The summed E-state index contributed by atoms with van der Waals surface area (Å²) in [5.74, 6) is -0.435. The molecule has 4 heteroatoms. The van der Waals surface area contributed by atoms with Gasteiger partial charge in [-0.25, -0.2) is 0 Å². The Morgan fingerprint density at radius 3 is 2.47 bits per heavy atom. The second kappa shape index (κ2) is 4.75. The summed E-state index contributed by atoms with van der Waals surface area (Å²) in [6.07, 6.45) is 0. The smallest absolute Gasteiger partial charge is 0.248 e. The summed E-state index contributed by atoms with van der Waals surface area (Å²) in [5.41, 5.74) is 6.70. The molecule has 0 spiro atoms. The van der Waals surface area contributed by atoms with E-state index in [1.165, 1.54) is 0 Å². The number of anilines is 1. The lowest BCUT2D eigenvalue weighted by Crippen LogP contribution is -2.39. The molecule has 4 N–H and O–H groups in total. The standard InChI is InChI=1S/C13H20N2O2/c1-8-7-10(12(14)16)5-6-11(8)15-9(2)13(3,4)17/h5-7,9,15,17H,1-4H3,(H2,14,16). The zero-order valence-electron chi connectivity index (χ0n) is 10.7. The highest BCUT2D eigenvalue weighted by Crippen LogP contribution is 2.20. The molecule has 1 aromatic carbocycles. The zero-order chi connectivity index (χ0) is 13.2. The van der Waals surface area contributed by atoms with Crippen molar-refractivity contribution in [2.75, 3.05) is 5.32 Å². The third kappa shape index (κ3) is 3.46. The minimum Gasteiger partial charge on any atom is -0.388 e. The summed E-state index contributed by atoms with van der Waals surface area (Å²) in [7, 11) is 0. The van der Waals surface area contributed by atoms with Crippen molar-refractivity contribution < 1.29 is 9.90 Å². The van der Waals surface area contributed by atoms with Crippen LogP contribution in [0.3, 0.4) is 0 Å². The predicted octanol–water partition coefficient (Wildman–Crippen LogP) is 1.67. The van der Waals surface area contributed by atoms with E-state index in [1.54, 1.807) is 32.0 Å². The van der Waals surface area contributed by atoms with Crippen LogP contribution < -0.4 is 11.1 Å². The topological polar surface area (TPSA) is 75.4 Å². The lowest BCUT2D eigenvalue weighted by molar-refractivity contribution is 0.0649. The largest absolute Gasteiger partial charge is 0.388 e. The van der Waals surface area contributed by atoms with Gasteiger partial charge in [0.05, 0.1) is 11.6 Å². The van der Waals surface area contributed by atoms with E-state index in [-0.39, 0.29) is 6.04 Å². The maximum absolute atomic E-state index is 11.0. The number of carbonyl (C=O) groups is 1. The Morgan fingerprint density at radius 2 is 2.06 bits per heavy atom. The van der Waals surface area contributed by atoms with Gasteiger partial charge in [-0.1, -0.05) is 0 Å². The normalized spacial score (nSPS) is 13.2. The van der Waals surface area contributed by atoms with Crippen LogP contribution in [0.2, 0.25) is 0 Å². The number of aliphatic hydroxyl groups is 1. The fourth-order valence-corrected chi connectivity index (χ4v) is 1.39. The van der Waals surface area contributed by atoms with Crippen LogP contribution in [0.1, 0.15) is 36.7 Å². The highest BCUT2D eigenvalue weighted by Gasteiger charge is 2.22. The van der Waals surface area contributed by atoms with Crippen molar-refractivity contribution >= 4 is 11.6 Å². The van der Waals surface area contributed by atoms with Crippen molar-refractivity contribution in [3.05, 3.63) is 29.3 Å². The van der Waals surface area contributed by atoms with E-state index in [2.05, 4.69) is 5.32 Å². The predicted molar refractivity (Wildman–Crippen MR) is 69.1 cm³/mol. The van der Waals surface area contributed by atoms with Gasteiger partial charge in [0.2, 0.25) is 5.91 Å². The first-order chi connectivity index (χ1) is 7.71. The van der Waals surface area contributed by atoms with Crippen LogP contribution in [-0.2, 0) is 0 Å². The second-order valence-electron chi connectivity index (χ2n) is 4.91. The van der Waals surface area contributed by atoms with Gasteiger partial charge in [0.15, 0.2) is 0 Å². The fourth-order valence-electron chi connectivity index (χ4n) is 1.39. The summed E-state index contributed by atoms with van der Waals surface area (Å²) in [4.78, 5) is 11.0. The molecular formula is C13H20N2O2. The minimum atomic E-state index is -0.811. The molecule has 4 nitrogen and oxygen atoms in total. The Bertz CT molecular complexity index is 422. The van der Waals surface area contributed by atoms with E-state index in [9.17, 15) is 9.90 Å². The monoisotopic (exact) mass is 236 g/mol. The Kier molecular flexibility index (Phi) is 3.78. The molecule has 1 rings (SSSR count). The van der Waals surface area contributed by atoms with E-state index in [0.29, 0.717) is 5.56 Å². The van der Waals surface area contributed by atoms with Gasteiger partial charge in [0.1, 0.15) is 0 Å². The third-order valence-corrected chi connectivity index (χ3v) is 2.94. The first kappa shape index (κ1) is 13.5. The van der Waals surface area contributed by atoms with Crippen LogP contribution in [0.25, 0.3) is 0 Å². The molecule has 0 fully saturated rings. The van der Waals surface area contributed by atoms with E-state index in [4.69, 9.17) is 5.73 Å². The van der Waals surface area contributed by atoms with E-state index in [0.717, 1.165) is 11.3 Å². The summed E-state index contributed by atoms with van der Waals surface area (Å²) in [6, 6.07) is 5.12. The summed E-state index contributed by atoms with van der Waals surface area (Å²) >= 11 is 0. The van der Waals surface area contributed by atoms with Crippen molar-refractivity contribution in [3.8, 4) is 0 Å². The Balaban J connectivity index is 2.90. The molecule has 1 aromatic rings. The molecule has 1 amide bonds. The Morgan fingerprint density at radius 1 is 1.47 bits per heavy atom. The minimum absolute atomic E-state index is 0.0966. The zero-order valence-corrected chi connectivity index (χ0v) is 10.7. The molecule has 1 atom stereocenters. The average Bonchev–Trinajstić information content (AvgIpc) is 2.19. The van der Waals surface area contributed by atoms with Crippen LogP contribution in [-0.4, -0.2) is 22.7 Å². The van der Waals surface area contributed by atoms with Gasteiger partial charge in [0, 0.05) is 11.3 Å². The first-order valence-electron chi connectivity index (χ1n) is 5.61. The molecule has 0 bridgehead atoms. The Hall–Kier alpha value is -1.55. The van der Waals surface area contributed by atoms with Gasteiger partial charge in [-0.15, -0.1) is 0 Å². The van der Waals surface area contributed by atoms with Crippen LogP contribution in [0.4, 0.5) is 5.69 Å². The van der Waals surface area contributed by atoms with Gasteiger partial charge < -0.3 is 16.2 Å². The SMILES string of the molecule is Cc1cc(C(N)=O)ccc1NC(C)C(C)(C)O. The van der Waals surface area contributed by atoms with Gasteiger partial charge in [0.25, 0.3) is 0 Å². The number of hydrogen-bond acceptors (Lipinski definition) is 3. The van der Waals surface area contributed by atoms with Crippen molar-refractivity contribution in [2.24, 2.45) is 5.73 Å². The summed E-state index contributed by atoms with van der Waals surface area (Å²) in [6.45, 7) is 7.29. The molecule has 0 heterocycles. The lowest BCUT2D eigenvalue weighted by atomic mass is 9.99. The van der Waals surface area contributed by atoms with Crippen LogP contribution in [0.5, 0.6) is 0 Å². The van der Waals surface area contributed by atoms with E-state index in [1.807, 2.05) is 13.8 Å². The summed E-state index contributed by atoms with van der Waals surface area (Å²) in [5, 5.41) is 13.1. The van der Waals surface area contributed by atoms with Crippen molar-refractivity contribution in [2.45, 2.75) is 39.3 Å². The number of primary amides is 1. The van der Waals surface area contributed by atoms with Gasteiger partial charge in [-0.05, 0) is 51.5 Å². The number of amides is 1. The number of benzene rings is 1. The van der Waals surface area contributed by atoms with E-state index >= 15 is 0 Å². The molecule has 0 aliphatic carbocycles. The highest BCUT2D eigenvalue weighted by molar-refractivity contribution is 5.93. The second-order valence-corrected chi connectivity index (χ2v) is 4.91. The molecule has 0 radical (unpaired) electrons. The van der Waals surface area contributed by atoms with Crippen molar-refractivity contribution in [1.82, 2.24) is 0 Å². The number of nitrogens with one attached hydrogen (secondary N) is 1. The molecule has 0 aromatic heterocycles. The molecule has 94 valence electrons. The highest BCUT2D eigenvalue weighted by atomic mass is 16.3. The third-order valence-electron chi connectivity index (χ3n) is 2.94. The van der Waals surface area contributed by atoms with Crippen LogP contribution in [0, 0.1) is 6.92 Å². The molecule has 0 aliphatic heterocycles. The number of carbonyl (C=O) groups excluding carboxylic acids is 1. The molecule has 0 aliphatic rings. The molecule has 0 saturated heterocycles. The van der Waals surface area contributed by atoms with Gasteiger partial charge >= 0.3 is 0 Å². The van der Waals surface area contributed by atoms with Gasteiger partial charge in [-0.2, -0.15) is 0 Å². The molecular weight excluding hydrogens is 216 g/mol. The Labute approximate surface area is 102 Å². The molecule has 1 unspecified atom stereocenters. The van der Waals surface area contributed by atoms with Crippen LogP contribution >= 0.6 is 0 Å². The molecule has 17 heavy (non-hydrogen) atoms. The number of aryl methyl sites for hydroxylation is 1. The average molecular weight is 236 g/mol. The first-order valence-corrected chi connectivity index (χ1v) is 5.61. The van der Waals surface area contributed by atoms with Gasteiger partial charge in [-0.3, -0.25) is 4.79 Å². The number of nitrogens with two attached hydrogens (primary N) is 1. The van der Waals surface area contributed by atoms with Crippen LogP contribution in [0.15, 0.2) is 18.2 Å². The molecule has 0 saturated carbocycles. The maximum atomic E-state index is 11.0. The quantitative estimate of drug-likeness (QED) is 0.744. The lowest BCUT2D eigenvalue weighted by Gasteiger charge is -2.28. The van der Waals surface area contributed by atoms with E-state index < -0.39 is 11.5 Å². The number of hydrogen-bond donors (Lipinski definition) is 3. The number of rotatable bonds is 4. The maximum Gasteiger partial charge on any atom is 0.248 e. The summed E-state index contributed by atoms with van der Waals surface area (Å²) < 4.78 is 0. The van der Waals surface area contributed by atoms with Crippen molar-refractivity contribution in [3.63, 3.8) is 0 Å². The van der Waals surface area contributed by atoms with Crippen molar-refractivity contribution in [1.29, 1.82) is 0 Å².